The summed E-state index contributed by atoms with van der Waals surface area (Å²) in [4.78, 5) is 11.9. The van der Waals surface area contributed by atoms with Crippen molar-refractivity contribution in [3.63, 3.8) is 0 Å². The third-order valence-corrected chi connectivity index (χ3v) is 2.72. The number of hydrazone groups is 1. The van der Waals surface area contributed by atoms with E-state index in [4.69, 9.17) is 0 Å². The molecule has 1 aliphatic heterocycles. The van der Waals surface area contributed by atoms with Crippen molar-refractivity contribution in [3.8, 4) is 0 Å². The predicted octanol–water partition coefficient (Wildman–Crippen LogP) is 2.57. The maximum atomic E-state index is 13.0. The molecule has 1 aromatic rings. The van der Waals surface area contributed by atoms with Crippen LogP contribution in [-0.2, 0) is 4.79 Å². The summed E-state index contributed by atoms with van der Waals surface area (Å²) in [6.45, 7) is 3.78. The van der Waals surface area contributed by atoms with E-state index in [2.05, 4.69) is 5.10 Å². The van der Waals surface area contributed by atoms with E-state index in [1.165, 1.54) is 17.1 Å². The molecule has 1 heterocycles. The Morgan fingerprint density at radius 3 is 2.81 bits per heavy atom. The van der Waals surface area contributed by atoms with Crippen molar-refractivity contribution in [3.05, 3.63) is 30.1 Å². The van der Waals surface area contributed by atoms with Crippen LogP contribution in [0.4, 0.5) is 10.1 Å². The van der Waals surface area contributed by atoms with Gasteiger partial charge >= 0.3 is 0 Å². The summed E-state index contributed by atoms with van der Waals surface area (Å²) in [5, 5.41) is 5.50. The second-order valence-corrected chi connectivity index (χ2v) is 3.80. The second-order valence-electron chi connectivity index (χ2n) is 3.80. The molecule has 0 radical (unpaired) electrons. The van der Waals surface area contributed by atoms with Gasteiger partial charge in [-0.1, -0.05) is 13.0 Å². The van der Waals surface area contributed by atoms with Crippen molar-refractivity contribution < 1.29 is 9.18 Å². The Morgan fingerprint density at radius 1 is 1.50 bits per heavy atom. The molecular formula is C12H13FN2O. The topological polar surface area (TPSA) is 32.7 Å². The van der Waals surface area contributed by atoms with Gasteiger partial charge in [-0.05, 0) is 31.5 Å². The molecular weight excluding hydrogens is 207 g/mol. The van der Waals surface area contributed by atoms with Gasteiger partial charge in [0.25, 0.3) is 5.91 Å². The van der Waals surface area contributed by atoms with E-state index >= 15 is 0 Å². The van der Waals surface area contributed by atoms with Crippen LogP contribution in [0.25, 0.3) is 0 Å². The smallest absolute Gasteiger partial charge is 0.255 e. The number of amides is 1. The molecule has 0 saturated carbocycles. The van der Waals surface area contributed by atoms with E-state index in [-0.39, 0.29) is 17.6 Å². The lowest BCUT2D eigenvalue weighted by Gasteiger charge is -2.12. The molecule has 0 aliphatic carbocycles. The highest BCUT2D eigenvalue weighted by atomic mass is 19.1. The zero-order valence-electron chi connectivity index (χ0n) is 9.27. The normalized spacial score (nSPS) is 20.2. The van der Waals surface area contributed by atoms with E-state index in [0.717, 1.165) is 12.1 Å². The first kappa shape index (κ1) is 10.8. The van der Waals surface area contributed by atoms with Crippen LogP contribution in [0.1, 0.15) is 20.3 Å². The first-order chi connectivity index (χ1) is 7.63. The minimum Gasteiger partial charge on any atom is -0.272 e. The summed E-state index contributed by atoms with van der Waals surface area (Å²) in [7, 11) is 0. The zero-order valence-corrected chi connectivity index (χ0v) is 9.27. The van der Waals surface area contributed by atoms with Gasteiger partial charge in [-0.25, -0.2) is 9.40 Å². The number of halogens is 1. The Bertz CT molecular complexity index is 456. The minimum atomic E-state index is -0.363. The van der Waals surface area contributed by atoms with E-state index in [1.54, 1.807) is 12.1 Å². The van der Waals surface area contributed by atoms with E-state index in [1.807, 2.05) is 13.8 Å². The summed E-state index contributed by atoms with van der Waals surface area (Å²) >= 11 is 0. The monoisotopic (exact) mass is 220 g/mol. The van der Waals surface area contributed by atoms with Crippen LogP contribution < -0.4 is 5.01 Å². The van der Waals surface area contributed by atoms with Gasteiger partial charge in [0.05, 0.1) is 17.3 Å². The van der Waals surface area contributed by atoms with E-state index in [9.17, 15) is 9.18 Å². The lowest BCUT2D eigenvalue weighted by Crippen LogP contribution is -2.25. The summed E-state index contributed by atoms with van der Waals surface area (Å²) in [5.74, 6) is -0.659. The van der Waals surface area contributed by atoms with Gasteiger partial charge in [0.1, 0.15) is 5.82 Å². The SMILES string of the molecule is CCC1=NN(c2cccc(F)c2)C(=O)C1C. The van der Waals surface area contributed by atoms with Crippen LogP contribution in [0.5, 0.6) is 0 Å². The van der Waals surface area contributed by atoms with Crippen LogP contribution >= 0.6 is 0 Å². The average molecular weight is 220 g/mol. The Kier molecular flexibility index (Phi) is 2.73. The van der Waals surface area contributed by atoms with Crippen molar-refractivity contribution in [1.82, 2.24) is 0 Å². The first-order valence-corrected chi connectivity index (χ1v) is 5.30. The fraction of sp³-hybridized carbons (Fsp3) is 0.333. The maximum absolute atomic E-state index is 13.0. The standard InChI is InChI=1S/C12H13FN2O/c1-3-11-8(2)12(16)15(14-11)10-6-4-5-9(13)7-10/h4-8H,3H2,1-2H3. The molecule has 0 N–H and O–H groups in total. The Morgan fingerprint density at radius 2 is 2.25 bits per heavy atom. The predicted molar refractivity (Wildman–Crippen MR) is 60.8 cm³/mol. The molecule has 0 spiro atoms. The van der Waals surface area contributed by atoms with Gasteiger partial charge < -0.3 is 0 Å². The van der Waals surface area contributed by atoms with Gasteiger partial charge in [-0.15, -0.1) is 0 Å². The fourth-order valence-corrected chi connectivity index (χ4v) is 1.76. The molecule has 16 heavy (non-hydrogen) atoms. The third kappa shape index (κ3) is 1.71. The van der Waals surface area contributed by atoms with E-state index < -0.39 is 0 Å². The van der Waals surface area contributed by atoms with Crippen molar-refractivity contribution >= 4 is 17.3 Å². The molecule has 1 atom stereocenters. The van der Waals surface area contributed by atoms with Gasteiger partial charge in [0.15, 0.2) is 0 Å². The number of anilines is 1. The van der Waals surface area contributed by atoms with Gasteiger partial charge in [0, 0.05) is 0 Å². The molecule has 84 valence electrons. The summed E-state index contributed by atoms with van der Waals surface area (Å²) in [5.41, 5.74) is 1.33. The Hall–Kier alpha value is -1.71. The van der Waals surface area contributed by atoms with Crippen molar-refractivity contribution in [1.29, 1.82) is 0 Å². The molecule has 0 fully saturated rings. The molecule has 1 unspecified atom stereocenters. The number of hydrogen-bond acceptors (Lipinski definition) is 2. The number of rotatable bonds is 2. The average Bonchev–Trinajstić information content (AvgIpc) is 2.56. The molecule has 2 rings (SSSR count). The molecule has 3 nitrogen and oxygen atoms in total. The van der Waals surface area contributed by atoms with Crippen molar-refractivity contribution in [2.75, 3.05) is 5.01 Å². The minimum absolute atomic E-state index is 0.0950. The Balaban J connectivity index is 2.36. The molecule has 1 amide bonds. The highest BCUT2D eigenvalue weighted by Crippen LogP contribution is 2.24. The highest BCUT2D eigenvalue weighted by molar-refractivity contribution is 6.15. The molecule has 1 aliphatic rings. The quantitative estimate of drug-likeness (QED) is 0.754. The van der Waals surface area contributed by atoms with Crippen LogP contribution in [0.15, 0.2) is 29.4 Å². The number of benzene rings is 1. The molecule has 4 heteroatoms. The molecule has 1 aromatic carbocycles. The van der Waals surface area contributed by atoms with Gasteiger partial charge in [-0.3, -0.25) is 4.79 Å². The maximum Gasteiger partial charge on any atom is 0.255 e. The van der Waals surface area contributed by atoms with Crippen LogP contribution in [0, 0.1) is 11.7 Å². The number of carbonyl (C=O) groups excluding carboxylic acids is 1. The summed E-state index contributed by atoms with van der Waals surface area (Å²) < 4.78 is 13.0. The number of hydrogen-bond donors (Lipinski definition) is 0. The van der Waals surface area contributed by atoms with Crippen LogP contribution in [0.3, 0.4) is 0 Å². The molecule has 0 bridgehead atoms. The van der Waals surface area contributed by atoms with Crippen molar-refractivity contribution in [2.24, 2.45) is 11.0 Å². The lowest BCUT2D eigenvalue weighted by molar-refractivity contribution is -0.119. The van der Waals surface area contributed by atoms with Gasteiger partial charge in [0.2, 0.25) is 0 Å². The largest absolute Gasteiger partial charge is 0.272 e. The lowest BCUT2D eigenvalue weighted by atomic mass is 10.0. The molecule has 0 aromatic heterocycles. The summed E-state index contributed by atoms with van der Waals surface area (Å²) in [6, 6.07) is 5.91. The number of nitrogens with zero attached hydrogens (tertiary/aromatic N) is 2. The third-order valence-electron chi connectivity index (χ3n) is 2.72. The van der Waals surface area contributed by atoms with Crippen LogP contribution in [0.2, 0.25) is 0 Å². The van der Waals surface area contributed by atoms with Gasteiger partial charge in [-0.2, -0.15) is 5.10 Å². The highest BCUT2D eigenvalue weighted by Gasteiger charge is 2.31. The van der Waals surface area contributed by atoms with Crippen LogP contribution in [-0.4, -0.2) is 11.6 Å². The summed E-state index contributed by atoms with van der Waals surface area (Å²) in [6.07, 6.45) is 0.735. The first-order valence-electron chi connectivity index (χ1n) is 5.30. The number of carbonyl (C=O) groups is 1. The molecule has 0 saturated heterocycles. The van der Waals surface area contributed by atoms with E-state index in [0.29, 0.717) is 5.69 Å². The zero-order chi connectivity index (χ0) is 11.7. The van der Waals surface area contributed by atoms with Crippen molar-refractivity contribution in [2.45, 2.75) is 20.3 Å². The second kappa shape index (κ2) is 4.04. The Labute approximate surface area is 93.6 Å². The fourth-order valence-electron chi connectivity index (χ4n) is 1.76.